The summed E-state index contributed by atoms with van der Waals surface area (Å²) < 4.78 is 7.26. The number of carbonyl (C=O) groups is 1. The normalized spacial score (nSPS) is 21.3. The molecule has 4 heterocycles. The lowest BCUT2D eigenvalue weighted by molar-refractivity contribution is 0.0721. The predicted octanol–water partition coefficient (Wildman–Crippen LogP) is 1.99. The van der Waals surface area contributed by atoms with Gasteiger partial charge in [0.1, 0.15) is 0 Å². The van der Waals surface area contributed by atoms with Crippen LogP contribution in [0.15, 0.2) is 4.52 Å². The van der Waals surface area contributed by atoms with Crippen molar-refractivity contribution in [3.8, 4) is 0 Å². The van der Waals surface area contributed by atoms with Crippen LogP contribution >= 0.6 is 0 Å². The van der Waals surface area contributed by atoms with Crippen LogP contribution in [0.5, 0.6) is 0 Å². The number of hydrogen-bond donors (Lipinski definition) is 1. The first-order chi connectivity index (χ1) is 13.1. The standard InChI is InChI=1S/C18H27N7O2/c1-11(2)17-20-16(22-27-17)14-5-4-10-24(14)18(26)15-12(3)25(23-21-15)13-6-8-19-9-7-13/h11,13-14,19H,4-10H2,1-3H3. The second-order valence-electron chi connectivity index (χ2n) is 7.75. The van der Waals surface area contributed by atoms with Crippen molar-refractivity contribution >= 4 is 5.91 Å². The van der Waals surface area contributed by atoms with Crippen LogP contribution in [0, 0.1) is 6.92 Å². The number of rotatable bonds is 4. The highest BCUT2D eigenvalue weighted by molar-refractivity contribution is 5.93. The lowest BCUT2D eigenvalue weighted by atomic mass is 10.1. The molecular weight excluding hydrogens is 346 g/mol. The fourth-order valence-corrected chi connectivity index (χ4v) is 3.97. The smallest absolute Gasteiger partial charge is 0.276 e. The van der Waals surface area contributed by atoms with Crippen molar-refractivity contribution < 1.29 is 9.32 Å². The first-order valence-corrected chi connectivity index (χ1v) is 9.83. The molecule has 0 aromatic carbocycles. The molecule has 0 radical (unpaired) electrons. The Morgan fingerprint density at radius 3 is 2.74 bits per heavy atom. The van der Waals surface area contributed by atoms with E-state index in [0.29, 0.717) is 30.0 Å². The van der Waals surface area contributed by atoms with Crippen LogP contribution in [-0.2, 0) is 0 Å². The lowest BCUT2D eigenvalue weighted by Gasteiger charge is -2.24. The van der Waals surface area contributed by atoms with Crippen molar-refractivity contribution in [3.63, 3.8) is 0 Å². The van der Waals surface area contributed by atoms with Gasteiger partial charge in [-0.1, -0.05) is 24.2 Å². The third-order valence-corrected chi connectivity index (χ3v) is 5.55. The molecule has 4 rings (SSSR count). The van der Waals surface area contributed by atoms with Gasteiger partial charge in [-0.25, -0.2) is 4.68 Å². The minimum atomic E-state index is -0.155. The summed E-state index contributed by atoms with van der Waals surface area (Å²) in [4.78, 5) is 19.5. The fraction of sp³-hybridized carbons (Fsp3) is 0.722. The van der Waals surface area contributed by atoms with Crippen molar-refractivity contribution in [2.45, 2.75) is 64.5 Å². The summed E-state index contributed by atoms with van der Waals surface area (Å²) in [5, 5.41) is 16.0. The molecule has 0 saturated carbocycles. The predicted molar refractivity (Wildman–Crippen MR) is 97.3 cm³/mol. The van der Waals surface area contributed by atoms with E-state index in [1.165, 1.54) is 0 Å². The van der Waals surface area contributed by atoms with Gasteiger partial charge in [-0.2, -0.15) is 4.98 Å². The Bertz CT molecular complexity index is 806. The Hall–Kier alpha value is -2.29. The molecule has 9 nitrogen and oxygen atoms in total. The van der Waals surface area contributed by atoms with E-state index in [1.54, 1.807) is 0 Å². The number of likely N-dealkylation sites (tertiary alicyclic amines) is 1. The van der Waals surface area contributed by atoms with Crippen LogP contribution in [0.25, 0.3) is 0 Å². The summed E-state index contributed by atoms with van der Waals surface area (Å²) in [5.74, 6) is 1.28. The molecule has 2 fully saturated rings. The van der Waals surface area contributed by atoms with E-state index in [9.17, 15) is 4.79 Å². The number of piperidine rings is 1. The van der Waals surface area contributed by atoms with Crippen molar-refractivity contribution in [3.05, 3.63) is 23.1 Å². The van der Waals surface area contributed by atoms with Crippen molar-refractivity contribution in [1.82, 2.24) is 35.4 Å². The van der Waals surface area contributed by atoms with Crippen LogP contribution in [-0.4, -0.2) is 55.6 Å². The number of aromatic nitrogens is 5. The molecule has 2 aliphatic heterocycles. The summed E-state index contributed by atoms with van der Waals surface area (Å²) in [6, 6.07) is 0.151. The summed E-state index contributed by atoms with van der Waals surface area (Å²) in [5.41, 5.74) is 1.28. The van der Waals surface area contributed by atoms with Gasteiger partial charge in [-0.05, 0) is 45.7 Å². The average molecular weight is 373 g/mol. The summed E-state index contributed by atoms with van der Waals surface area (Å²) in [6.45, 7) is 8.57. The van der Waals surface area contributed by atoms with E-state index in [-0.39, 0.29) is 17.9 Å². The van der Waals surface area contributed by atoms with E-state index in [2.05, 4.69) is 25.8 Å². The average Bonchev–Trinajstić information content (AvgIpc) is 3.40. The molecule has 0 aliphatic carbocycles. The van der Waals surface area contributed by atoms with Gasteiger partial charge >= 0.3 is 0 Å². The molecule has 1 unspecified atom stereocenters. The maximum Gasteiger partial charge on any atom is 0.276 e. The molecular formula is C18H27N7O2. The molecule has 27 heavy (non-hydrogen) atoms. The van der Waals surface area contributed by atoms with E-state index in [0.717, 1.165) is 44.5 Å². The monoisotopic (exact) mass is 373 g/mol. The van der Waals surface area contributed by atoms with Crippen LogP contribution in [0.1, 0.15) is 85.4 Å². The Balaban J connectivity index is 1.55. The highest BCUT2D eigenvalue weighted by atomic mass is 16.5. The largest absolute Gasteiger partial charge is 0.339 e. The molecule has 0 spiro atoms. The van der Waals surface area contributed by atoms with E-state index < -0.39 is 0 Å². The number of hydrogen-bond acceptors (Lipinski definition) is 7. The van der Waals surface area contributed by atoms with Gasteiger partial charge in [-0.3, -0.25) is 4.79 Å². The van der Waals surface area contributed by atoms with E-state index in [4.69, 9.17) is 4.52 Å². The fourth-order valence-electron chi connectivity index (χ4n) is 3.97. The minimum absolute atomic E-state index is 0.0916. The van der Waals surface area contributed by atoms with Gasteiger partial charge < -0.3 is 14.7 Å². The van der Waals surface area contributed by atoms with Gasteiger partial charge in [0.05, 0.1) is 17.8 Å². The maximum absolute atomic E-state index is 13.2. The topological polar surface area (TPSA) is 102 Å². The Labute approximate surface area is 158 Å². The van der Waals surface area contributed by atoms with Gasteiger partial charge in [0.2, 0.25) is 5.89 Å². The zero-order valence-corrected chi connectivity index (χ0v) is 16.2. The molecule has 1 amide bonds. The molecule has 146 valence electrons. The Morgan fingerprint density at radius 2 is 2.04 bits per heavy atom. The third-order valence-electron chi connectivity index (χ3n) is 5.55. The second-order valence-corrected chi connectivity index (χ2v) is 7.75. The van der Waals surface area contributed by atoms with Crippen molar-refractivity contribution in [2.75, 3.05) is 19.6 Å². The molecule has 2 saturated heterocycles. The van der Waals surface area contributed by atoms with Crippen LogP contribution < -0.4 is 5.32 Å². The first-order valence-electron chi connectivity index (χ1n) is 9.83. The van der Waals surface area contributed by atoms with Gasteiger partial charge in [-0.15, -0.1) is 5.10 Å². The minimum Gasteiger partial charge on any atom is -0.339 e. The Morgan fingerprint density at radius 1 is 1.26 bits per heavy atom. The SMILES string of the molecule is Cc1c(C(=O)N2CCCC2c2noc(C(C)C)n2)nnn1C1CCNCC1. The molecule has 0 bridgehead atoms. The zero-order chi connectivity index (χ0) is 19.0. The van der Waals surface area contributed by atoms with Crippen molar-refractivity contribution in [1.29, 1.82) is 0 Å². The second kappa shape index (κ2) is 7.38. The lowest BCUT2D eigenvalue weighted by Crippen LogP contribution is -2.32. The summed E-state index contributed by atoms with van der Waals surface area (Å²) in [6.07, 6.45) is 3.77. The maximum atomic E-state index is 13.2. The summed E-state index contributed by atoms with van der Waals surface area (Å²) in [7, 11) is 0. The zero-order valence-electron chi connectivity index (χ0n) is 16.2. The van der Waals surface area contributed by atoms with E-state index >= 15 is 0 Å². The quantitative estimate of drug-likeness (QED) is 0.874. The van der Waals surface area contributed by atoms with Gasteiger partial charge in [0, 0.05) is 12.5 Å². The van der Waals surface area contributed by atoms with Gasteiger partial charge in [0.15, 0.2) is 11.5 Å². The van der Waals surface area contributed by atoms with Crippen LogP contribution in [0.2, 0.25) is 0 Å². The highest BCUT2D eigenvalue weighted by Crippen LogP contribution is 2.32. The summed E-state index contributed by atoms with van der Waals surface area (Å²) >= 11 is 0. The molecule has 1 N–H and O–H groups in total. The molecule has 9 heteroatoms. The molecule has 2 aromatic heterocycles. The van der Waals surface area contributed by atoms with Crippen molar-refractivity contribution in [2.24, 2.45) is 0 Å². The van der Waals surface area contributed by atoms with Crippen LogP contribution in [0.4, 0.5) is 0 Å². The number of amides is 1. The third kappa shape index (κ3) is 3.36. The van der Waals surface area contributed by atoms with Crippen LogP contribution in [0.3, 0.4) is 0 Å². The first kappa shape index (κ1) is 18.1. The Kier molecular flexibility index (Phi) is 4.94. The van der Waals surface area contributed by atoms with Gasteiger partial charge in [0.25, 0.3) is 5.91 Å². The molecule has 2 aliphatic rings. The number of nitrogens with one attached hydrogen (secondary N) is 1. The molecule has 2 aromatic rings. The number of carbonyl (C=O) groups excluding carboxylic acids is 1. The van der Waals surface area contributed by atoms with E-state index in [1.807, 2.05) is 30.4 Å². The highest BCUT2D eigenvalue weighted by Gasteiger charge is 2.36. The number of nitrogens with zero attached hydrogens (tertiary/aromatic N) is 6. The molecule has 1 atom stereocenters.